The highest BCUT2D eigenvalue weighted by molar-refractivity contribution is 5.98. The maximum atomic E-state index is 15.3. The van der Waals surface area contributed by atoms with Crippen LogP contribution in [0.25, 0.3) is 22.3 Å². The molecule has 9 heteroatoms. The fraction of sp³-hybridized carbons (Fsp3) is 0.0588. The Bertz CT molecular complexity index is 2080. The molecule has 0 N–H and O–H groups in total. The lowest BCUT2D eigenvalue weighted by Gasteiger charge is -2.12. The summed E-state index contributed by atoms with van der Waals surface area (Å²) in [4.78, 5) is 37.8. The topological polar surface area (TPSA) is 82.7 Å². The second-order valence-corrected chi connectivity index (χ2v) is 9.95. The van der Waals surface area contributed by atoms with Crippen LogP contribution in [0.3, 0.4) is 0 Å². The number of carbonyl (C=O) groups excluding carboxylic acids is 2. The Morgan fingerprint density at radius 2 is 1.74 bits per heavy atom. The number of halogens is 2. The van der Waals surface area contributed by atoms with Gasteiger partial charge in [-0.25, -0.2) is 13.3 Å². The van der Waals surface area contributed by atoms with Crippen LogP contribution in [0.2, 0.25) is 0 Å². The van der Waals surface area contributed by atoms with Gasteiger partial charge in [0.25, 0.3) is 5.56 Å². The van der Waals surface area contributed by atoms with E-state index in [1.54, 1.807) is 54.0 Å². The molecule has 7 nitrogen and oxygen atoms in total. The molecule has 212 valence electrons. The van der Waals surface area contributed by atoms with Crippen molar-refractivity contribution in [2.75, 3.05) is 0 Å². The average molecular weight is 576 g/mol. The van der Waals surface area contributed by atoms with Crippen LogP contribution in [-0.4, -0.2) is 26.3 Å². The number of hydrogen-bond acceptors (Lipinski definition) is 5. The first-order valence-electron chi connectivity index (χ1n) is 13.3. The predicted molar refractivity (Wildman–Crippen MR) is 157 cm³/mol. The smallest absolute Gasteiger partial charge is 0.266 e. The van der Waals surface area contributed by atoms with Gasteiger partial charge in [0.2, 0.25) is 0 Å². The number of ketones is 1. The number of nitrogens with zero attached hydrogens (tertiary/aromatic N) is 3. The van der Waals surface area contributed by atoms with Gasteiger partial charge in [0.05, 0.1) is 11.8 Å². The lowest BCUT2D eigenvalue weighted by molar-refractivity contribution is 0.0990. The summed E-state index contributed by atoms with van der Waals surface area (Å²) in [5.74, 6) is -1.33. The third-order valence-corrected chi connectivity index (χ3v) is 7.12. The molecule has 0 aliphatic carbocycles. The van der Waals surface area contributed by atoms with Crippen molar-refractivity contribution in [2.45, 2.75) is 13.3 Å². The van der Waals surface area contributed by atoms with E-state index in [1.807, 2.05) is 12.1 Å². The second-order valence-electron chi connectivity index (χ2n) is 9.95. The monoisotopic (exact) mass is 575 g/mol. The van der Waals surface area contributed by atoms with Crippen LogP contribution in [0.1, 0.15) is 31.8 Å². The van der Waals surface area contributed by atoms with Crippen molar-refractivity contribution in [3.05, 3.63) is 148 Å². The normalized spacial score (nSPS) is 11.0. The Morgan fingerprint density at radius 3 is 2.51 bits per heavy atom. The van der Waals surface area contributed by atoms with E-state index in [0.717, 1.165) is 17.4 Å². The van der Waals surface area contributed by atoms with Crippen molar-refractivity contribution in [2.24, 2.45) is 0 Å². The lowest BCUT2D eigenvalue weighted by atomic mass is 10.0. The molecule has 6 rings (SSSR count). The molecule has 3 aromatic carbocycles. The van der Waals surface area contributed by atoms with Crippen molar-refractivity contribution in [1.29, 1.82) is 0 Å². The van der Waals surface area contributed by atoms with E-state index in [4.69, 9.17) is 4.74 Å². The fourth-order valence-corrected chi connectivity index (χ4v) is 5.01. The van der Waals surface area contributed by atoms with Crippen molar-refractivity contribution < 1.29 is 23.1 Å². The average Bonchev–Trinajstić information content (AvgIpc) is 3.45. The molecule has 0 fully saturated rings. The molecule has 0 radical (unpaired) electrons. The number of benzene rings is 3. The van der Waals surface area contributed by atoms with Crippen LogP contribution < -0.4 is 10.3 Å². The molecule has 0 unspecified atom stereocenters. The zero-order valence-electron chi connectivity index (χ0n) is 22.8. The van der Waals surface area contributed by atoms with Gasteiger partial charge in [0.15, 0.2) is 23.1 Å². The molecule has 0 aliphatic heterocycles. The molecule has 0 spiro atoms. The van der Waals surface area contributed by atoms with Gasteiger partial charge in [-0.15, -0.1) is 0 Å². The summed E-state index contributed by atoms with van der Waals surface area (Å²) >= 11 is 0. The molecule has 0 saturated carbocycles. The molecule has 3 aromatic heterocycles. The summed E-state index contributed by atoms with van der Waals surface area (Å²) in [5, 5.41) is 4.31. The Morgan fingerprint density at radius 1 is 0.930 bits per heavy atom. The minimum absolute atomic E-state index is 0.0221. The third-order valence-electron chi connectivity index (χ3n) is 7.12. The Hall–Kier alpha value is -5.70. The van der Waals surface area contributed by atoms with E-state index in [9.17, 15) is 18.8 Å². The lowest BCUT2D eigenvalue weighted by Crippen LogP contribution is -2.27. The van der Waals surface area contributed by atoms with Crippen molar-refractivity contribution >= 4 is 17.6 Å². The first kappa shape index (κ1) is 27.5. The van der Waals surface area contributed by atoms with Gasteiger partial charge in [-0.2, -0.15) is 5.10 Å². The molecule has 0 aliphatic rings. The van der Waals surface area contributed by atoms with E-state index in [0.29, 0.717) is 33.6 Å². The van der Waals surface area contributed by atoms with Crippen molar-refractivity contribution in [1.82, 2.24) is 14.2 Å². The largest absolute Gasteiger partial charge is 0.452 e. The number of aryl methyl sites for hydroxylation is 1. The quantitative estimate of drug-likeness (QED) is 0.148. The number of pyridine rings is 1. The number of hydrogen-bond donors (Lipinski definition) is 0. The molecule has 6 aromatic rings. The number of aromatic nitrogens is 3. The van der Waals surface area contributed by atoms with Gasteiger partial charge in [-0.05, 0) is 78.2 Å². The standard InChI is InChI=1S/C34H23F2N3O4/c1-21-12-15-38(26-8-6-25(35)7-9-26)34(42)32(21)29(41)19-22-5-10-30(28(36)18-22)43-31-11-14-37-39-16-13-27(33(31)39)24-4-2-3-23(17-24)20-40/h2-18,20H,19H2,1H3. The van der Waals surface area contributed by atoms with Gasteiger partial charge >= 0.3 is 0 Å². The van der Waals surface area contributed by atoms with Crippen LogP contribution >= 0.6 is 0 Å². The Balaban J connectivity index is 1.27. The Labute approximate surface area is 244 Å². The molecular formula is C34H23F2N3O4. The number of Topliss-reactive ketones (excluding diaryl/α,β-unsaturated/α-hetero) is 1. The van der Waals surface area contributed by atoms with Gasteiger partial charge in [-0.1, -0.05) is 24.3 Å². The highest BCUT2D eigenvalue weighted by atomic mass is 19.1. The van der Waals surface area contributed by atoms with Crippen molar-refractivity contribution in [3.8, 4) is 28.3 Å². The van der Waals surface area contributed by atoms with Crippen molar-refractivity contribution in [3.63, 3.8) is 0 Å². The number of aldehydes is 1. The van der Waals surface area contributed by atoms with Gasteiger partial charge in [0.1, 0.15) is 17.6 Å². The SMILES string of the molecule is Cc1ccn(-c2ccc(F)cc2)c(=O)c1C(=O)Cc1ccc(Oc2ccnn3ccc(-c4cccc(C=O)c4)c23)c(F)c1. The summed E-state index contributed by atoms with van der Waals surface area (Å²) in [6.07, 6.45) is 5.35. The van der Waals surface area contributed by atoms with E-state index < -0.39 is 23.0 Å². The molecule has 43 heavy (non-hydrogen) atoms. The van der Waals surface area contributed by atoms with Crippen LogP contribution in [0.4, 0.5) is 8.78 Å². The molecule has 0 amide bonds. The number of carbonyl (C=O) groups is 2. The van der Waals surface area contributed by atoms with E-state index in [1.165, 1.54) is 53.4 Å². The highest BCUT2D eigenvalue weighted by Gasteiger charge is 2.19. The number of fused-ring (bicyclic) bond motifs is 1. The number of ether oxygens (including phenoxy) is 1. The summed E-state index contributed by atoms with van der Waals surface area (Å²) in [5.41, 5.74) is 3.32. The molecule has 0 atom stereocenters. The second kappa shape index (κ2) is 11.3. The zero-order valence-corrected chi connectivity index (χ0v) is 22.8. The van der Waals surface area contributed by atoms with Crippen LogP contribution in [0.15, 0.2) is 108 Å². The summed E-state index contributed by atoms with van der Waals surface area (Å²) < 4.78 is 37.6. The minimum atomic E-state index is -0.690. The van der Waals surface area contributed by atoms with Crippen LogP contribution in [0, 0.1) is 18.6 Å². The van der Waals surface area contributed by atoms with E-state index in [-0.39, 0.29) is 17.7 Å². The van der Waals surface area contributed by atoms with E-state index in [2.05, 4.69) is 5.10 Å². The van der Waals surface area contributed by atoms with Gasteiger partial charge < -0.3 is 4.74 Å². The number of rotatable bonds is 8. The zero-order chi connectivity index (χ0) is 30.1. The summed E-state index contributed by atoms with van der Waals surface area (Å²) in [6, 6.07) is 21.7. The molecule has 3 heterocycles. The first-order valence-corrected chi connectivity index (χ1v) is 13.3. The first-order chi connectivity index (χ1) is 20.8. The molecule has 0 saturated heterocycles. The summed E-state index contributed by atoms with van der Waals surface area (Å²) in [6.45, 7) is 1.65. The highest BCUT2D eigenvalue weighted by Crippen LogP contribution is 2.35. The summed E-state index contributed by atoms with van der Waals surface area (Å²) in [7, 11) is 0. The minimum Gasteiger partial charge on any atom is -0.452 e. The maximum absolute atomic E-state index is 15.3. The predicted octanol–water partition coefficient (Wildman–Crippen LogP) is 6.77. The molecule has 0 bridgehead atoms. The van der Waals surface area contributed by atoms with Crippen LogP contribution in [-0.2, 0) is 6.42 Å². The van der Waals surface area contributed by atoms with E-state index >= 15 is 4.39 Å². The fourth-order valence-electron chi connectivity index (χ4n) is 5.01. The van der Waals surface area contributed by atoms with Gasteiger partial charge in [-0.3, -0.25) is 19.0 Å². The third kappa shape index (κ3) is 5.36. The van der Waals surface area contributed by atoms with Crippen LogP contribution in [0.5, 0.6) is 11.5 Å². The maximum Gasteiger partial charge on any atom is 0.266 e. The Kier molecular flexibility index (Phi) is 7.21. The van der Waals surface area contributed by atoms with Gasteiger partial charge in [0, 0.05) is 41.7 Å². The molecular weight excluding hydrogens is 552 g/mol.